The van der Waals surface area contributed by atoms with Crippen LogP contribution in [0.4, 0.5) is 0 Å². The molecule has 0 radical (unpaired) electrons. The summed E-state index contributed by atoms with van der Waals surface area (Å²) in [6, 6.07) is 1.73. The van der Waals surface area contributed by atoms with Crippen LogP contribution < -0.4 is 5.73 Å². The Hall–Kier alpha value is -1.14. The molecule has 0 bridgehead atoms. The molecule has 0 aliphatic rings. The highest BCUT2D eigenvalue weighted by molar-refractivity contribution is 5.80. The summed E-state index contributed by atoms with van der Waals surface area (Å²) in [6.45, 7) is 1.93. The second-order valence-corrected chi connectivity index (χ2v) is 1.63. The topological polar surface area (TPSA) is 66.9 Å². The molecule has 0 saturated carbocycles. The van der Waals surface area contributed by atoms with Gasteiger partial charge < -0.3 is 5.73 Å². The van der Waals surface area contributed by atoms with E-state index in [1.54, 1.807) is 13.0 Å². The first kappa shape index (κ1) is 7.86. The summed E-state index contributed by atoms with van der Waals surface area (Å²) in [7, 11) is 0. The van der Waals surface area contributed by atoms with Crippen LogP contribution in [0.1, 0.15) is 6.92 Å². The number of nitrogens with two attached hydrogens (primary N) is 1. The minimum absolute atomic E-state index is 0.137. The van der Waals surface area contributed by atoms with Crippen LogP contribution >= 0.6 is 0 Å². The molecule has 0 aromatic carbocycles. The summed E-state index contributed by atoms with van der Waals surface area (Å²) in [5, 5.41) is 8.23. The van der Waals surface area contributed by atoms with Crippen LogP contribution in [-0.2, 0) is 4.79 Å². The second kappa shape index (κ2) is 3.81. The highest BCUT2D eigenvalue weighted by Crippen LogP contribution is 1.95. The maximum atomic E-state index is 10.0. The van der Waals surface area contributed by atoms with Crippen molar-refractivity contribution >= 4 is 6.29 Å². The number of aldehydes is 1. The summed E-state index contributed by atoms with van der Waals surface area (Å²) in [5.41, 5.74) is 5.92. The molecule has 9 heavy (non-hydrogen) atoms. The van der Waals surface area contributed by atoms with Gasteiger partial charge in [-0.2, -0.15) is 5.26 Å². The van der Waals surface area contributed by atoms with E-state index in [4.69, 9.17) is 11.0 Å². The van der Waals surface area contributed by atoms with E-state index in [2.05, 4.69) is 0 Å². The minimum atomic E-state index is 0.137. The Morgan fingerprint density at radius 2 is 2.44 bits per heavy atom. The van der Waals surface area contributed by atoms with Gasteiger partial charge in [0.05, 0.1) is 5.57 Å². The van der Waals surface area contributed by atoms with Gasteiger partial charge in [-0.15, -0.1) is 0 Å². The van der Waals surface area contributed by atoms with Gasteiger partial charge in [0.25, 0.3) is 0 Å². The molecule has 0 unspecified atom stereocenters. The normalized spacial score (nSPS) is 11.7. The Kier molecular flexibility index (Phi) is 3.33. The number of carbonyl (C=O) groups excluding carboxylic acids is 1. The number of hydrogen-bond donors (Lipinski definition) is 1. The van der Waals surface area contributed by atoms with Gasteiger partial charge in [0, 0.05) is 6.54 Å². The zero-order valence-corrected chi connectivity index (χ0v) is 5.22. The van der Waals surface area contributed by atoms with Gasteiger partial charge in [-0.25, -0.2) is 0 Å². The SMILES string of the molecule is CC(CN)=C(C#N)C=O. The first-order chi connectivity index (χ1) is 4.26. The molecule has 0 heterocycles. The van der Waals surface area contributed by atoms with Crippen LogP contribution in [-0.4, -0.2) is 12.8 Å². The molecule has 0 atom stereocenters. The number of rotatable bonds is 2. The summed E-state index contributed by atoms with van der Waals surface area (Å²) < 4.78 is 0. The Morgan fingerprint density at radius 1 is 1.89 bits per heavy atom. The van der Waals surface area contributed by atoms with Gasteiger partial charge >= 0.3 is 0 Å². The van der Waals surface area contributed by atoms with Crippen LogP contribution in [0.5, 0.6) is 0 Å². The van der Waals surface area contributed by atoms with Crippen LogP contribution in [0.2, 0.25) is 0 Å². The molecule has 0 aliphatic carbocycles. The third-order valence-electron chi connectivity index (χ3n) is 1.00. The Morgan fingerprint density at radius 3 is 2.56 bits per heavy atom. The van der Waals surface area contributed by atoms with Crippen molar-refractivity contribution in [3.05, 3.63) is 11.1 Å². The van der Waals surface area contributed by atoms with Gasteiger partial charge in [-0.3, -0.25) is 4.79 Å². The summed E-state index contributed by atoms with van der Waals surface area (Å²) in [4.78, 5) is 10.0. The van der Waals surface area contributed by atoms with E-state index >= 15 is 0 Å². The monoisotopic (exact) mass is 124 g/mol. The molecule has 48 valence electrons. The fourth-order valence-electron chi connectivity index (χ4n) is 0.332. The van der Waals surface area contributed by atoms with E-state index in [-0.39, 0.29) is 12.1 Å². The van der Waals surface area contributed by atoms with Crippen LogP contribution in [0.25, 0.3) is 0 Å². The number of nitriles is 1. The maximum Gasteiger partial charge on any atom is 0.160 e. The number of nitrogens with zero attached hydrogens (tertiary/aromatic N) is 1. The first-order valence-electron chi connectivity index (χ1n) is 2.51. The third kappa shape index (κ3) is 2.06. The fraction of sp³-hybridized carbons (Fsp3) is 0.333. The Bertz CT molecular complexity index is 176. The number of hydrogen-bond acceptors (Lipinski definition) is 3. The molecular weight excluding hydrogens is 116 g/mol. The lowest BCUT2D eigenvalue weighted by Crippen LogP contribution is -2.03. The van der Waals surface area contributed by atoms with Gasteiger partial charge in [0.1, 0.15) is 6.07 Å². The standard InChI is InChI=1S/C6H8N2O/c1-5(2-7)6(3-8)4-9/h4H,2,7H2,1H3. The highest BCUT2D eigenvalue weighted by atomic mass is 16.1. The van der Waals surface area contributed by atoms with Gasteiger partial charge in [0.2, 0.25) is 0 Å². The largest absolute Gasteiger partial charge is 0.327 e. The van der Waals surface area contributed by atoms with Crippen molar-refractivity contribution < 1.29 is 4.79 Å². The smallest absolute Gasteiger partial charge is 0.160 e. The van der Waals surface area contributed by atoms with E-state index < -0.39 is 0 Å². The summed E-state index contributed by atoms with van der Waals surface area (Å²) in [5.74, 6) is 0. The highest BCUT2D eigenvalue weighted by Gasteiger charge is 1.95. The van der Waals surface area contributed by atoms with Gasteiger partial charge in [-0.1, -0.05) is 0 Å². The molecule has 0 aromatic rings. The van der Waals surface area contributed by atoms with E-state index in [1.807, 2.05) is 0 Å². The zero-order valence-electron chi connectivity index (χ0n) is 5.22. The lowest BCUT2D eigenvalue weighted by atomic mass is 10.2. The lowest BCUT2D eigenvalue weighted by molar-refractivity contribution is -0.104. The molecule has 0 spiro atoms. The van der Waals surface area contributed by atoms with Crippen LogP contribution in [0.15, 0.2) is 11.1 Å². The molecule has 0 aromatic heterocycles. The Balaban J connectivity index is 4.43. The van der Waals surface area contributed by atoms with Crippen molar-refractivity contribution in [2.24, 2.45) is 5.73 Å². The molecular formula is C6H8N2O. The van der Waals surface area contributed by atoms with Crippen LogP contribution in [0, 0.1) is 11.3 Å². The van der Waals surface area contributed by atoms with Crippen molar-refractivity contribution in [1.82, 2.24) is 0 Å². The van der Waals surface area contributed by atoms with E-state index in [1.165, 1.54) is 0 Å². The lowest BCUT2D eigenvalue weighted by Gasteiger charge is -1.91. The van der Waals surface area contributed by atoms with E-state index in [9.17, 15) is 4.79 Å². The molecule has 0 fully saturated rings. The van der Waals surface area contributed by atoms with Crippen molar-refractivity contribution in [2.75, 3.05) is 6.54 Å². The van der Waals surface area contributed by atoms with Crippen molar-refractivity contribution in [1.29, 1.82) is 5.26 Å². The average Bonchev–Trinajstić information content (AvgIpc) is 1.90. The molecule has 0 aliphatic heterocycles. The predicted octanol–water partition coefficient (Wildman–Crippen LogP) is -0.0159. The molecule has 0 rings (SSSR count). The van der Waals surface area contributed by atoms with E-state index in [0.717, 1.165) is 0 Å². The summed E-state index contributed by atoms with van der Waals surface area (Å²) >= 11 is 0. The van der Waals surface area contributed by atoms with Gasteiger partial charge in [-0.05, 0) is 12.5 Å². The molecule has 3 nitrogen and oxygen atoms in total. The van der Waals surface area contributed by atoms with Crippen molar-refractivity contribution in [2.45, 2.75) is 6.92 Å². The van der Waals surface area contributed by atoms with Crippen LogP contribution in [0.3, 0.4) is 0 Å². The molecule has 0 saturated heterocycles. The van der Waals surface area contributed by atoms with Crippen molar-refractivity contribution in [3.63, 3.8) is 0 Å². The third-order valence-corrected chi connectivity index (χ3v) is 1.00. The van der Waals surface area contributed by atoms with E-state index in [0.29, 0.717) is 11.9 Å². The van der Waals surface area contributed by atoms with Gasteiger partial charge in [0.15, 0.2) is 6.29 Å². The first-order valence-corrected chi connectivity index (χ1v) is 2.51. The zero-order chi connectivity index (χ0) is 7.28. The number of allylic oxidation sites excluding steroid dienone is 1. The minimum Gasteiger partial charge on any atom is -0.327 e. The average molecular weight is 124 g/mol. The number of carbonyl (C=O) groups is 1. The quantitative estimate of drug-likeness (QED) is 0.319. The Labute approximate surface area is 53.8 Å². The predicted molar refractivity (Wildman–Crippen MR) is 33.4 cm³/mol. The molecule has 3 heteroatoms. The van der Waals surface area contributed by atoms with Crippen molar-refractivity contribution in [3.8, 4) is 6.07 Å². The molecule has 2 N–H and O–H groups in total. The molecule has 0 amide bonds. The fourth-order valence-corrected chi connectivity index (χ4v) is 0.332. The summed E-state index contributed by atoms with van der Waals surface area (Å²) in [6.07, 6.45) is 0.516. The maximum absolute atomic E-state index is 10.0. The second-order valence-electron chi connectivity index (χ2n) is 1.63.